The summed E-state index contributed by atoms with van der Waals surface area (Å²) in [7, 11) is 4.36. The van der Waals surface area contributed by atoms with Crippen LogP contribution in [0.25, 0.3) is 16.8 Å². The summed E-state index contributed by atoms with van der Waals surface area (Å²) in [5.74, 6) is -0.513. The van der Waals surface area contributed by atoms with Crippen LogP contribution in [0.1, 0.15) is 26.3 Å². The Bertz CT molecular complexity index is 1530. The molecule has 0 fully saturated rings. The van der Waals surface area contributed by atoms with Crippen LogP contribution in [0.4, 0.5) is 0 Å². The zero-order chi connectivity index (χ0) is 27.8. The fourth-order valence-electron chi connectivity index (χ4n) is 3.89. The van der Waals surface area contributed by atoms with Crippen molar-refractivity contribution in [2.75, 3.05) is 21.3 Å². The SMILES string of the molecule is COc1cc(C(=O)Oc2ccccc2/C=C/C(=O)NNC(=O)c2cccc3ccccc23)cc(OC)c1OC. The third kappa shape index (κ3) is 6.16. The number of carbonyl (C=O) groups excluding carboxylic acids is 3. The van der Waals surface area contributed by atoms with Gasteiger partial charge in [0.25, 0.3) is 11.8 Å². The molecule has 0 heterocycles. The minimum Gasteiger partial charge on any atom is -0.493 e. The smallest absolute Gasteiger partial charge is 0.343 e. The second-order valence-corrected chi connectivity index (χ2v) is 8.14. The largest absolute Gasteiger partial charge is 0.493 e. The third-order valence-electron chi connectivity index (χ3n) is 5.77. The number of esters is 1. The standard InChI is InChI=1S/C30H26N2O7/c1-36-25-17-21(18-26(37-2)28(25)38-3)30(35)39-24-14-7-5-10-20(24)15-16-27(33)31-32-29(34)23-13-8-11-19-9-4-6-12-22(19)23/h4-18H,1-3H3,(H,31,33)(H,32,34)/b16-15+. The van der Waals surface area contributed by atoms with Crippen LogP contribution in [0, 0.1) is 0 Å². The highest BCUT2D eigenvalue weighted by molar-refractivity contribution is 6.07. The number of benzene rings is 4. The summed E-state index contributed by atoms with van der Waals surface area (Å²) < 4.78 is 21.5. The molecule has 9 nitrogen and oxygen atoms in total. The fraction of sp³-hybridized carbons (Fsp3) is 0.100. The second-order valence-electron chi connectivity index (χ2n) is 8.14. The first-order valence-electron chi connectivity index (χ1n) is 11.8. The first-order chi connectivity index (χ1) is 18.9. The van der Waals surface area contributed by atoms with Crippen LogP contribution in [0.5, 0.6) is 23.0 Å². The Kier molecular flexibility index (Phi) is 8.43. The summed E-state index contributed by atoms with van der Waals surface area (Å²) in [5, 5.41) is 1.68. The summed E-state index contributed by atoms with van der Waals surface area (Å²) in [6.07, 6.45) is 2.69. The zero-order valence-corrected chi connectivity index (χ0v) is 21.5. The van der Waals surface area contributed by atoms with Gasteiger partial charge in [0.2, 0.25) is 5.75 Å². The van der Waals surface area contributed by atoms with Crippen molar-refractivity contribution in [3.63, 3.8) is 0 Å². The second kappa shape index (κ2) is 12.3. The van der Waals surface area contributed by atoms with Crippen LogP contribution >= 0.6 is 0 Å². The van der Waals surface area contributed by atoms with Crippen LogP contribution in [0.2, 0.25) is 0 Å². The van der Waals surface area contributed by atoms with E-state index in [1.54, 1.807) is 36.4 Å². The number of para-hydroxylation sites is 1. The number of ether oxygens (including phenoxy) is 4. The van der Waals surface area contributed by atoms with Crippen molar-refractivity contribution in [2.45, 2.75) is 0 Å². The highest BCUT2D eigenvalue weighted by Crippen LogP contribution is 2.38. The van der Waals surface area contributed by atoms with E-state index >= 15 is 0 Å². The van der Waals surface area contributed by atoms with Crippen LogP contribution in [-0.2, 0) is 4.79 Å². The van der Waals surface area contributed by atoms with Crippen LogP contribution in [0.3, 0.4) is 0 Å². The number of hydrogen-bond donors (Lipinski definition) is 2. The van der Waals surface area contributed by atoms with Gasteiger partial charge in [-0.3, -0.25) is 20.4 Å². The van der Waals surface area contributed by atoms with Crippen molar-refractivity contribution in [3.8, 4) is 23.0 Å². The molecule has 0 atom stereocenters. The fourth-order valence-corrected chi connectivity index (χ4v) is 3.89. The molecule has 0 aliphatic rings. The van der Waals surface area contributed by atoms with E-state index in [-0.39, 0.29) is 11.3 Å². The molecule has 0 radical (unpaired) electrons. The topological polar surface area (TPSA) is 112 Å². The average Bonchev–Trinajstić information content (AvgIpc) is 2.98. The molecule has 4 aromatic rings. The molecule has 0 bridgehead atoms. The lowest BCUT2D eigenvalue weighted by molar-refractivity contribution is -0.117. The predicted octanol–water partition coefficient (Wildman–Crippen LogP) is 4.56. The van der Waals surface area contributed by atoms with Crippen LogP contribution in [0.15, 0.2) is 84.9 Å². The van der Waals surface area contributed by atoms with Crippen molar-refractivity contribution < 1.29 is 33.3 Å². The molecule has 0 aliphatic heterocycles. The average molecular weight is 527 g/mol. The molecule has 0 unspecified atom stereocenters. The predicted molar refractivity (Wildman–Crippen MR) is 146 cm³/mol. The van der Waals surface area contributed by atoms with Gasteiger partial charge in [-0.1, -0.05) is 54.6 Å². The molecule has 0 aliphatic carbocycles. The number of nitrogens with one attached hydrogen (secondary N) is 2. The summed E-state index contributed by atoms with van der Waals surface area (Å²) in [4.78, 5) is 38.0. The van der Waals surface area contributed by atoms with Crippen molar-refractivity contribution in [2.24, 2.45) is 0 Å². The molecule has 0 spiro atoms. The van der Waals surface area contributed by atoms with Gasteiger partial charge in [0.1, 0.15) is 5.75 Å². The molecule has 2 N–H and O–H groups in total. The quantitative estimate of drug-likeness (QED) is 0.150. The number of carbonyl (C=O) groups is 3. The number of hydrazine groups is 1. The van der Waals surface area contributed by atoms with Crippen molar-refractivity contribution in [1.29, 1.82) is 0 Å². The van der Waals surface area contributed by atoms with Crippen molar-refractivity contribution in [1.82, 2.24) is 10.9 Å². The minimum absolute atomic E-state index is 0.178. The highest BCUT2D eigenvalue weighted by atomic mass is 16.5. The molecule has 0 saturated heterocycles. The first-order valence-corrected chi connectivity index (χ1v) is 11.8. The Balaban J connectivity index is 1.44. The van der Waals surface area contributed by atoms with E-state index in [1.165, 1.54) is 45.6 Å². The number of hydrogen-bond acceptors (Lipinski definition) is 7. The van der Waals surface area contributed by atoms with Crippen molar-refractivity contribution in [3.05, 3.63) is 102 Å². The number of fused-ring (bicyclic) bond motifs is 1. The normalized spacial score (nSPS) is 10.6. The molecule has 2 amide bonds. The van der Waals surface area contributed by atoms with Crippen LogP contribution in [-0.4, -0.2) is 39.1 Å². The van der Waals surface area contributed by atoms with Gasteiger partial charge in [-0.05, 0) is 41.1 Å². The maximum absolute atomic E-state index is 12.9. The minimum atomic E-state index is -0.665. The summed E-state index contributed by atoms with van der Waals surface area (Å²) >= 11 is 0. The number of rotatable bonds is 8. The van der Waals surface area contributed by atoms with E-state index in [4.69, 9.17) is 18.9 Å². The van der Waals surface area contributed by atoms with Gasteiger partial charge < -0.3 is 18.9 Å². The first kappa shape index (κ1) is 26.7. The third-order valence-corrected chi connectivity index (χ3v) is 5.77. The van der Waals surface area contributed by atoms with Gasteiger partial charge in [-0.15, -0.1) is 0 Å². The Morgan fingerprint density at radius 3 is 2.10 bits per heavy atom. The van der Waals surface area contributed by atoms with Gasteiger partial charge in [-0.2, -0.15) is 0 Å². The number of methoxy groups -OCH3 is 3. The molecular formula is C30H26N2O7. The summed E-state index contributed by atoms with van der Waals surface area (Å²) in [5.41, 5.74) is 5.86. The highest BCUT2D eigenvalue weighted by Gasteiger charge is 2.19. The maximum atomic E-state index is 12.9. The summed E-state index contributed by atoms with van der Waals surface area (Å²) in [6, 6.07) is 22.5. The molecule has 0 saturated carbocycles. The van der Waals surface area contributed by atoms with E-state index in [2.05, 4.69) is 10.9 Å². The monoisotopic (exact) mass is 526 g/mol. The maximum Gasteiger partial charge on any atom is 0.343 e. The van der Waals surface area contributed by atoms with E-state index in [0.717, 1.165) is 10.8 Å². The van der Waals surface area contributed by atoms with Gasteiger partial charge >= 0.3 is 5.97 Å². The Morgan fingerprint density at radius 2 is 1.38 bits per heavy atom. The zero-order valence-electron chi connectivity index (χ0n) is 21.5. The van der Waals surface area contributed by atoms with Gasteiger partial charge in [0.05, 0.1) is 26.9 Å². The molecule has 4 rings (SSSR count). The molecule has 9 heteroatoms. The molecule has 0 aromatic heterocycles. The lowest BCUT2D eigenvalue weighted by Crippen LogP contribution is -2.40. The number of amides is 2. The Labute approximate surface area is 224 Å². The lowest BCUT2D eigenvalue weighted by Gasteiger charge is -2.14. The van der Waals surface area contributed by atoms with Gasteiger partial charge in [0, 0.05) is 17.2 Å². The van der Waals surface area contributed by atoms with Gasteiger partial charge in [-0.25, -0.2) is 4.79 Å². The molecule has 198 valence electrons. The molecule has 4 aromatic carbocycles. The van der Waals surface area contributed by atoms with E-state index in [0.29, 0.717) is 28.4 Å². The van der Waals surface area contributed by atoms with E-state index < -0.39 is 17.8 Å². The molecule has 39 heavy (non-hydrogen) atoms. The van der Waals surface area contributed by atoms with Gasteiger partial charge in [0.15, 0.2) is 11.5 Å². The van der Waals surface area contributed by atoms with Crippen LogP contribution < -0.4 is 29.8 Å². The van der Waals surface area contributed by atoms with E-state index in [1.807, 2.05) is 30.3 Å². The lowest BCUT2D eigenvalue weighted by atomic mass is 10.0. The molecular weight excluding hydrogens is 500 g/mol. The Hall–Kier alpha value is -5.31. The summed E-state index contributed by atoms with van der Waals surface area (Å²) in [6.45, 7) is 0. The van der Waals surface area contributed by atoms with Crippen molar-refractivity contribution >= 4 is 34.6 Å². The Morgan fingerprint density at radius 1 is 0.718 bits per heavy atom. The van der Waals surface area contributed by atoms with E-state index in [9.17, 15) is 14.4 Å².